The summed E-state index contributed by atoms with van der Waals surface area (Å²) in [5.74, 6) is -0.0218. The van der Waals surface area contributed by atoms with Crippen molar-refractivity contribution < 1.29 is 4.39 Å². The van der Waals surface area contributed by atoms with Crippen molar-refractivity contribution in [3.63, 3.8) is 0 Å². The predicted octanol–water partition coefficient (Wildman–Crippen LogP) is 2.78. The van der Waals surface area contributed by atoms with Crippen molar-refractivity contribution >= 4 is 11.8 Å². The van der Waals surface area contributed by atoms with E-state index in [2.05, 4.69) is 9.97 Å². The Balaban J connectivity index is 2.13. The standard InChI is InChI=1S/C12H8FN3S/c13-12-9(6-14)2-1-3-10(12)8-17-11-7-15-4-5-16-11/h1-5,7H,8H2. The monoisotopic (exact) mass is 245 g/mol. The number of nitrogens with zero attached hydrogens (tertiary/aromatic N) is 3. The molecule has 84 valence electrons. The zero-order chi connectivity index (χ0) is 12.1. The molecular weight excluding hydrogens is 237 g/mol. The number of rotatable bonds is 3. The molecule has 2 aromatic rings. The van der Waals surface area contributed by atoms with Crippen LogP contribution < -0.4 is 0 Å². The molecule has 0 fully saturated rings. The summed E-state index contributed by atoms with van der Waals surface area (Å²) in [6.45, 7) is 0. The highest BCUT2D eigenvalue weighted by molar-refractivity contribution is 7.98. The van der Waals surface area contributed by atoms with Crippen LogP contribution in [0.15, 0.2) is 41.8 Å². The predicted molar refractivity (Wildman–Crippen MR) is 62.7 cm³/mol. The van der Waals surface area contributed by atoms with Gasteiger partial charge in [-0.15, -0.1) is 0 Å². The number of halogens is 1. The van der Waals surface area contributed by atoms with Gasteiger partial charge in [0.05, 0.1) is 11.8 Å². The van der Waals surface area contributed by atoms with Crippen LogP contribution in [0.2, 0.25) is 0 Å². The fraction of sp³-hybridized carbons (Fsp3) is 0.0833. The fourth-order valence-corrected chi connectivity index (χ4v) is 2.09. The molecule has 1 aromatic heterocycles. The van der Waals surface area contributed by atoms with Gasteiger partial charge in [0.25, 0.3) is 0 Å². The van der Waals surface area contributed by atoms with E-state index in [9.17, 15) is 4.39 Å². The van der Waals surface area contributed by atoms with Gasteiger partial charge in [0, 0.05) is 18.1 Å². The van der Waals surface area contributed by atoms with Gasteiger partial charge in [-0.1, -0.05) is 23.9 Å². The van der Waals surface area contributed by atoms with Crippen molar-refractivity contribution in [2.24, 2.45) is 0 Å². The Hall–Kier alpha value is -1.93. The lowest BCUT2D eigenvalue weighted by Crippen LogP contribution is -1.92. The molecule has 0 aliphatic heterocycles. The Kier molecular flexibility index (Phi) is 3.68. The van der Waals surface area contributed by atoms with Gasteiger partial charge >= 0.3 is 0 Å². The first-order chi connectivity index (χ1) is 8.31. The van der Waals surface area contributed by atoms with Crippen molar-refractivity contribution in [3.8, 4) is 6.07 Å². The summed E-state index contributed by atoms with van der Waals surface area (Å²) < 4.78 is 13.7. The van der Waals surface area contributed by atoms with Gasteiger partial charge in [0.1, 0.15) is 16.9 Å². The molecule has 2 rings (SSSR count). The van der Waals surface area contributed by atoms with Gasteiger partial charge < -0.3 is 0 Å². The zero-order valence-electron chi connectivity index (χ0n) is 8.80. The number of aromatic nitrogens is 2. The molecular formula is C12H8FN3S. The molecule has 3 nitrogen and oxygen atoms in total. The molecule has 0 N–H and O–H groups in total. The number of hydrogen-bond acceptors (Lipinski definition) is 4. The molecule has 1 aromatic carbocycles. The van der Waals surface area contributed by atoms with E-state index in [4.69, 9.17) is 5.26 Å². The largest absolute Gasteiger partial charge is 0.260 e. The highest BCUT2D eigenvalue weighted by Crippen LogP contribution is 2.22. The highest BCUT2D eigenvalue weighted by Gasteiger charge is 2.07. The highest BCUT2D eigenvalue weighted by atomic mass is 32.2. The smallest absolute Gasteiger partial charge is 0.144 e. The first kappa shape index (κ1) is 11.6. The Morgan fingerprint density at radius 3 is 2.94 bits per heavy atom. The number of benzene rings is 1. The van der Waals surface area contributed by atoms with Crippen LogP contribution in [0.3, 0.4) is 0 Å². The maximum Gasteiger partial charge on any atom is 0.144 e. The summed E-state index contributed by atoms with van der Waals surface area (Å²) in [7, 11) is 0. The Morgan fingerprint density at radius 2 is 2.24 bits per heavy atom. The summed E-state index contributed by atoms with van der Waals surface area (Å²) in [4.78, 5) is 8.00. The van der Waals surface area contributed by atoms with Crippen molar-refractivity contribution in [1.82, 2.24) is 9.97 Å². The van der Waals surface area contributed by atoms with Crippen LogP contribution in [0.4, 0.5) is 4.39 Å². The number of hydrogen-bond donors (Lipinski definition) is 0. The average molecular weight is 245 g/mol. The summed E-state index contributed by atoms with van der Waals surface area (Å²) in [5.41, 5.74) is 0.571. The van der Waals surface area contributed by atoms with E-state index in [1.807, 2.05) is 6.07 Å². The van der Waals surface area contributed by atoms with Crippen LogP contribution in [0, 0.1) is 17.1 Å². The van der Waals surface area contributed by atoms with E-state index < -0.39 is 5.82 Å². The lowest BCUT2D eigenvalue weighted by Gasteiger charge is -2.03. The molecule has 0 aliphatic carbocycles. The molecule has 5 heteroatoms. The van der Waals surface area contributed by atoms with Gasteiger partial charge in [0.15, 0.2) is 0 Å². The molecule has 0 saturated carbocycles. The average Bonchev–Trinajstić information content (AvgIpc) is 2.39. The Bertz CT molecular complexity index is 551. The summed E-state index contributed by atoms with van der Waals surface area (Å²) in [6.07, 6.45) is 4.79. The van der Waals surface area contributed by atoms with Gasteiger partial charge in [-0.25, -0.2) is 9.37 Å². The first-order valence-electron chi connectivity index (χ1n) is 4.87. The van der Waals surface area contributed by atoms with Gasteiger partial charge in [-0.3, -0.25) is 4.98 Å². The van der Waals surface area contributed by atoms with Crippen molar-refractivity contribution in [3.05, 3.63) is 53.7 Å². The van der Waals surface area contributed by atoms with Gasteiger partial charge in [-0.05, 0) is 11.6 Å². The molecule has 0 unspecified atom stereocenters. The van der Waals surface area contributed by atoms with Crippen LogP contribution in [0.1, 0.15) is 11.1 Å². The number of thioether (sulfide) groups is 1. The normalized spacial score (nSPS) is 9.88. The first-order valence-corrected chi connectivity index (χ1v) is 5.86. The number of nitriles is 1. The van der Waals surface area contributed by atoms with Crippen molar-refractivity contribution in [2.45, 2.75) is 10.8 Å². The van der Waals surface area contributed by atoms with E-state index in [0.29, 0.717) is 11.3 Å². The minimum atomic E-state index is -0.452. The third kappa shape index (κ3) is 2.80. The molecule has 0 spiro atoms. The minimum absolute atomic E-state index is 0.0715. The molecule has 0 amide bonds. The second-order valence-corrected chi connectivity index (χ2v) is 4.22. The van der Waals surface area contributed by atoms with E-state index in [1.165, 1.54) is 17.8 Å². The summed E-state index contributed by atoms with van der Waals surface area (Å²) >= 11 is 1.38. The molecule has 0 bridgehead atoms. The molecule has 17 heavy (non-hydrogen) atoms. The maximum atomic E-state index is 13.7. The van der Waals surface area contributed by atoms with Crippen LogP contribution in [-0.4, -0.2) is 9.97 Å². The third-order valence-electron chi connectivity index (χ3n) is 2.11. The fourth-order valence-electron chi connectivity index (χ4n) is 1.29. The summed E-state index contributed by atoms with van der Waals surface area (Å²) in [6, 6.07) is 6.63. The van der Waals surface area contributed by atoms with E-state index >= 15 is 0 Å². The van der Waals surface area contributed by atoms with Crippen LogP contribution in [0.5, 0.6) is 0 Å². The quantitative estimate of drug-likeness (QED) is 0.780. The topological polar surface area (TPSA) is 49.6 Å². The Labute approximate surface area is 102 Å². The molecule has 0 radical (unpaired) electrons. The molecule has 0 aliphatic rings. The van der Waals surface area contributed by atoms with Crippen LogP contribution in [-0.2, 0) is 5.75 Å². The summed E-state index contributed by atoms with van der Waals surface area (Å²) in [5, 5.41) is 9.44. The lowest BCUT2D eigenvalue weighted by molar-refractivity contribution is 0.613. The second kappa shape index (κ2) is 5.41. The molecule has 0 atom stereocenters. The van der Waals surface area contributed by atoms with Crippen LogP contribution in [0.25, 0.3) is 0 Å². The lowest BCUT2D eigenvalue weighted by atomic mass is 10.1. The third-order valence-corrected chi connectivity index (χ3v) is 3.08. The van der Waals surface area contributed by atoms with E-state index in [-0.39, 0.29) is 5.56 Å². The van der Waals surface area contributed by atoms with Gasteiger partial charge in [-0.2, -0.15) is 5.26 Å². The SMILES string of the molecule is N#Cc1cccc(CSc2cnccn2)c1F. The second-order valence-electron chi connectivity index (χ2n) is 3.22. The molecule has 0 saturated heterocycles. The van der Waals surface area contributed by atoms with Gasteiger partial charge in [0.2, 0.25) is 0 Å². The van der Waals surface area contributed by atoms with Crippen LogP contribution >= 0.6 is 11.8 Å². The van der Waals surface area contributed by atoms with E-state index in [0.717, 1.165) is 5.03 Å². The minimum Gasteiger partial charge on any atom is -0.260 e. The molecule has 1 heterocycles. The maximum absolute atomic E-state index is 13.7. The van der Waals surface area contributed by atoms with Crippen molar-refractivity contribution in [2.75, 3.05) is 0 Å². The van der Waals surface area contributed by atoms with E-state index in [1.54, 1.807) is 30.7 Å². The Morgan fingerprint density at radius 1 is 1.35 bits per heavy atom. The zero-order valence-corrected chi connectivity index (χ0v) is 9.62. The van der Waals surface area contributed by atoms with Crippen molar-refractivity contribution in [1.29, 1.82) is 5.26 Å².